The highest BCUT2D eigenvalue weighted by Gasteiger charge is 2.30. The van der Waals surface area contributed by atoms with Gasteiger partial charge in [0.15, 0.2) is 0 Å². The van der Waals surface area contributed by atoms with Gasteiger partial charge in [-0.05, 0) is 47.5 Å². The molecule has 0 aromatic heterocycles. The Labute approximate surface area is 179 Å². The van der Waals surface area contributed by atoms with E-state index in [9.17, 15) is 14.9 Å². The summed E-state index contributed by atoms with van der Waals surface area (Å²) >= 11 is 0. The molecule has 1 atom stereocenters. The first kappa shape index (κ1) is 20.3. The first-order chi connectivity index (χ1) is 15.0. The number of ether oxygens (including phenoxy) is 1. The van der Waals surface area contributed by atoms with Gasteiger partial charge in [0.05, 0.1) is 35.2 Å². The summed E-state index contributed by atoms with van der Waals surface area (Å²) in [5.41, 5.74) is 3.92. The molecule has 0 bridgehead atoms. The second-order valence-electron chi connectivity index (χ2n) is 7.23. The first-order valence-corrected chi connectivity index (χ1v) is 9.83. The number of benzene rings is 3. The lowest BCUT2D eigenvalue weighted by Crippen LogP contribution is -2.33. The molecule has 7 nitrogen and oxygen atoms in total. The zero-order valence-electron chi connectivity index (χ0n) is 17.2. The number of fused-ring (bicyclic) bond motifs is 1. The van der Waals surface area contributed by atoms with E-state index < -0.39 is 4.92 Å². The molecule has 0 fully saturated rings. The summed E-state index contributed by atoms with van der Waals surface area (Å²) in [6.45, 7) is 1.55. The molecule has 1 aliphatic heterocycles. The van der Waals surface area contributed by atoms with Crippen LogP contribution in [0.15, 0.2) is 77.8 Å². The standard InChI is InChI=1S/C24H21N3O4/c1-16(28)26-23-6-4-3-5-21(23)25-22(17-7-11-19(12-8-17)27(29)30)15-24(26)18-9-13-20(31-2)14-10-18/h3-14,24H,15H2,1-2H3. The van der Waals surface area contributed by atoms with E-state index >= 15 is 0 Å². The number of aliphatic imine (C=N–C) groups is 1. The van der Waals surface area contributed by atoms with Gasteiger partial charge in [0.1, 0.15) is 5.75 Å². The molecule has 0 saturated carbocycles. The number of nitro benzene ring substituents is 1. The van der Waals surface area contributed by atoms with Crippen molar-refractivity contribution in [3.05, 3.63) is 94.0 Å². The molecular weight excluding hydrogens is 394 g/mol. The fraction of sp³-hybridized carbons (Fsp3) is 0.167. The summed E-state index contributed by atoms with van der Waals surface area (Å²) in [5.74, 6) is 0.643. The number of carbonyl (C=O) groups is 1. The predicted octanol–water partition coefficient (Wildman–Crippen LogP) is 5.22. The van der Waals surface area contributed by atoms with Crippen LogP contribution in [-0.2, 0) is 4.79 Å². The molecule has 1 unspecified atom stereocenters. The molecule has 3 aromatic carbocycles. The van der Waals surface area contributed by atoms with E-state index in [1.54, 1.807) is 31.1 Å². The van der Waals surface area contributed by atoms with Crippen molar-refractivity contribution in [1.82, 2.24) is 0 Å². The molecule has 3 aromatic rings. The molecule has 4 rings (SSSR count). The number of hydrogen-bond donors (Lipinski definition) is 0. The maximum atomic E-state index is 12.8. The number of non-ortho nitro benzene ring substituents is 1. The van der Waals surface area contributed by atoms with Crippen molar-refractivity contribution in [3.63, 3.8) is 0 Å². The Morgan fingerprint density at radius 1 is 1.06 bits per heavy atom. The highest BCUT2D eigenvalue weighted by molar-refractivity contribution is 6.07. The molecule has 0 N–H and O–H groups in total. The largest absolute Gasteiger partial charge is 0.497 e. The molecular formula is C24H21N3O4. The summed E-state index contributed by atoms with van der Waals surface area (Å²) in [6, 6.07) is 21.2. The Morgan fingerprint density at radius 2 is 1.74 bits per heavy atom. The lowest BCUT2D eigenvalue weighted by molar-refractivity contribution is -0.384. The monoisotopic (exact) mass is 415 g/mol. The number of nitrogens with zero attached hydrogens (tertiary/aromatic N) is 3. The van der Waals surface area contributed by atoms with Gasteiger partial charge in [-0.2, -0.15) is 0 Å². The summed E-state index contributed by atoms with van der Waals surface area (Å²) in [4.78, 5) is 30.0. The Balaban J connectivity index is 1.84. The number of para-hydroxylation sites is 2. The molecule has 1 amide bonds. The van der Waals surface area contributed by atoms with Gasteiger partial charge in [-0.15, -0.1) is 0 Å². The zero-order chi connectivity index (χ0) is 22.0. The van der Waals surface area contributed by atoms with Gasteiger partial charge in [-0.3, -0.25) is 19.9 Å². The first-order valence-electron chi connectivity index (χ1n) is 9.83. The lowest BCUT2D eigenvalue weighted by atomic mass is 9.95. The summed E-state index contributed by atoms with van der Waals surface area (Å²) < 4.78 is 5.27. The van der Waals surface area contributed by atoms with Crippen molar-refractivity contribution in [2.75, 3.05) is 12.0 Å². The minimum absolute atomic E-state index is 0.0236. The Hall–Kier alpha value is -4.00. The Morgan fingerprint density at radius 3 is 2.35 bits per heavy atom. The molecule has 1 aliphatic rings. The van der Waals surface area contributed by atoms with Crippen LogP contribution in [0.2, 0.25) is 0 Å². The van der Waals surface area contributed by atoms with Crippen molar-refractivity contribution in [1.29, 1.82) is 0 Å². The van der Waals surface area contributed by atoms with Crippen LogP contribution in [0.4, 0.5) is 17.1 Å². The third-order valence-corrected chi connectivity index (χ3v) is 5.35. The van der Waals surface area contributed by atoms with Crippen molar-refractivity contribution in [2.45, 2.75) is 19.4 Å². The number of methoxy groups -OCH3 is 1. The molecule has 31 heavy (non-hydrogen) atoms. The van der Waals surface area contributed by atoms with Crippen LogP contribution in [0.25, 0.3) is 0 Å². The van der Waals surface area contributed by atoms with Crippen LogP contribution < -0.4 is 9.64 Å². The van der Waals surface area contributed by atoms with Crippen LogP contribution in [0, 0.1) is 10.1 Å². The molecule has 156 valence electrons. The van der Waals surface area contributed by atoms with E-state index in [1.165, 1.54) is 12.1 Å². The fourth-order valence-corrected chi connectivity index (χ4v) is 3.84. The van der Waals surface area contributed by atoms with Crippen molar-refractivity contribution < 1.29 is 14.5 Å². The summed E-state index contributed by atoms with van der Waals surface area (Å²) in [5, 5.41) is 11.0. The minimum atomic E-state index is -0.425. The second kappa shape index (κ2) is 8.39. The maximum Gasteiger partial charge on any atom is 0.269 e. The summed E-state index contributed by atoms with van der Waals surface area (Å²) in [6.07, 6.45) is 0.457. The van der Waals surface area contributed by atoms with Crippen LogP contribution in [-0.4, -0.2) is 23.7 Å². The van der Waals surface area contributed by atoms with Gasteiger partial charge in [0, 0.05) is 25.5 Å². The number of nitro groups is 1. The van der Waals surface area contributed by atoms with E-state index in [2.05, 4.69) is 0 Å². The van der Waals surface area contributed by atoms with E-state index in [0.717, 1.165) is 28.3 Å². The van der Waals surface area contributed by atoms with Crippen molar-refractivity contribution >= 4 is 28.7 Å². The van der Waals surface area contributed by atoms with E-state index in [-0.39, 0.29) is 17.6 Å². The highest BCUT2D eigenvalue weighted by Crippen LogP contribution is 2.41. The van der Waals surface area contributed by atoms with Crippen molar-refractivity contribution in [2.24, 2.45) is 4.99 Å². The molecule has 0 saturated heterocycles. The topological polar surface area (TPSA) is 85.0 Å². The molecule has 1 heterocycles. The minimum Gasteiger partial charge on any atom is -0.497 e. The number of carbonyl (C=O) groups excluding carboxylic acids is 1. The number of hydrogen-bond acceptors (Lipinski definition) is 5. The molecule has 0 radical (unpaired) electrons. The maximum absolute atomic E-state index is 12.8. The smallest absolute Gasteiger partial charge is 0.269 e. The normalized spacial score (nSPS) is 15.5. The number of amides is 1. The van der Waals surface area contributed by atoms with E-state index in [1.807, 2.05) is 48.5 Å². The Kier molecular flexibility index (Phi) is 5.49. The fourth-order valence-electron chi connectivity index (χ4n) is 3.84. The molecule has 7 heteroatoms. The van der Waals surface area contributed by atoms with Crippen LogP contribution >= 0.6 is 0 Å². The average molecular weight is 415 g/mol. The van der Waals surface area contributed by atoms with E-state index in [4.69, 9.17) is 9.73 Å². The average Bonchev–Trinajstić information content (AvgIpc) is 2.96. The second-order valence-corrected chi connectivity index (χ2v) is 7.23. The van der Waals surface area contributed by atoms with Gasteiger partial charge in [0.2, 0.25) is 5.91 Å². The van der Waals surface area contributed by atoms with Crippen LogP contribution in [0.3, 0.4) is 0 Å². The van der Waals surface area contributed by atoms with E-state index in [0.29, 0.717) is 12.1 Å². The summed E-state index contributed by atoms with van der Waals surface area (Å²) in [7, 11) is 1.61. The quantitative estimate of drug-likeness (QED) is 0.432. The number of rotatable bonds is 4. The molecule has 0 aliphatic carbocycles. The van der Waals surface area contributed by atoms with Crippen LogP contribution in [0.5, 0.6) is 5.75 Å². The SMILES string of the molecule is COc1ccc(C2CC(c3ccc([N+](=O)[O-])cc3)=Nc3ccccc3N2C(C)=O)cc1. The van der Waals surface area contributed by atoms with Crippen molar-refractivity contribution in [3.8, 4) is 5.75 Å². The van der Waals surface area contributed by atoms with Gasteiger partial charge < -0.3 is 9.64 Å². The third kappa shape index (κ3) is 4.02. The van der Waals surface area contributed by atoms with Crippen LogP contribution in [0.1, 0.15) is 30.5 Å². The van der Waals surface area contributed by atoms with Gasteiger partial charge in [-0.25, -0.2) is 0 Å². The highest BCUT2D eigenvalue weighted by atomic mass is 16.6. The van der Waals surface area contributed by atoms with Gasteiger partial charge in [0.25, 0.3) is 5.69 Å². The zero-order valence-corrected chi connectivity index (χ0v) is 17.2. The predicted molar refractivity (Wildman–Crippen MR) is 119 cm³/mol. The van der Waals surface area contributed by atoms with Gasteiger partial charge >= 0.3 is 0 Å². The number of anilines is 1. The Bertz CT molecular complexity index is 1150. The van der Waals surface area contributed by atoms with Gasteiger partial charge in [-0.1, -0.05) is 24.3 Å². The lowest BCUT2D eigenvalue weighted by Gasteiger charge is -2.30. The third-order valence-electron chi connectivity index (χ3n) is 5.35. The molecule has 0 spiro atoms.